The first-order chi connectivity index (χ1) is 22.5. The summed E-state index contributed by atoms with van der Waals surface area (Å²) in [5.41, 5.74) is -0.571. The topological polar surface area (TPSA) is 187 Å². The maximum atomic E-state index is 12.8. The number of benzene rings is 1. The molecule has 2 heterocycles. The van der Waals surface area contributed by atoms with Crippen LogP contribution in [0.2, 0.25) is 0 Å². The molecule has 2 fully saturated rings. The van der Waals surface area contributed by atoms with E-state index in [2.05, 4.69) is 33.2 Å². The third-order valence-electron chi connectivity index (χ3n) is 8.31. The van der Waals surface area contributed by atoms with E-state index in [1.165, 1.54) is 28.2 Å². The maximum absolute atomic E-state index is 12.8. The molecule has 15 heteroatoms. The van der Waals surface area contributed by atoms with Crippen LogP contribution in [0.25, 0.3) is 5.69 Å². The Morgan fingerprint density at radius 3 is 2.19 bits per heavy atom. The minimum absolute atomic E-state index is 0.112. The molecule has 0 radical (unpaired) electrons. The Hall–Kier alpha value is -4.66. The number of hydrogen-bond acceptors (Lipinski definition) is 8. The fraction of sp³-hybridized carbons (Fsp3) is 0.576. The van der Waals surface area contributed by atoms with Crippen LogP contribution in [0.15, 0.2) is 41.3 Å². The number of piperazine rings is 1. The SMILES string of the molecule is CC(Cc1ccc(-n2ccc(NC(=O)N3CCN(C(=O)C(C)(C)NC(=O)O)CC3)nc2=O)cc1)NC[C@H]1C[C@H](NC(=O)OC(C)(C)C)C1. The van der Waals surface area contributed by atoms with Crippen molar-refractivity contribution in [3.8, 4) is 5.69 Å². The van der Waals surface area contributed by atoms with Gasteiger partial charge < -0.3 is 35.6 Å². The van der Waals surface area contributed by atoms with Crippen molar-refractivity contribution in [1.82, 2.24) is 35.3 Å². The van der Waals surface area contributed by atoms with Crippen LogP contribution in [-0.4, -0.2) is 105 Å². The van der Waals surface area contributed by atoms with Gasteiger partial charge in [-0.25, -0.2) is 19.2 Å². The summed E-state index contributed by atoms with van der Waals surface area (Å²) in [5.74, 6) is 0.246. The van der Waals surface area contributed by atoms with Gasteiger partial charge in [-0.05, 0) is 97.0 Å². The molecule has 0 bridgehead atoms. The zero-order valence-electron chi connectivity index (χ0n) is 28.5. The standard InChI is InChI=1S/C33H48N8O7/c1-21(34-20-23-18-24(19-23)35-31(47)48-32(2,3)4)17-22-7-9-25(10-8-22)41-12-11-26(37-29(41)44)36-28(43)40-15-13-39(14-16-40)27(42)33(5,6)38-30(45)46/h7-12,21,23-24,34,38H,13-20H2,1-6H3,(H,35,47)(H,45,46)(H,36,37,43,44)/t21?,23-,24-. The predicted octanol–water partition coefficient (Wildman–Crippen LogP) is 2.78. The number of anilines is 1. The molecule has 2 aliphatic rings. The Kier molecular flexibility index (Phi) is 11.3. The number of ether oxygens (including phenoxy) is 1. The summed E-state index contributed by atoms with van der Waals surface area (Å²) in [6, 6.07) is 9.16. The van der Waals surface area contributed by atoms with Crippen LogP contribution in [0.1, 0.15) is 59.9 Å². The molecule has 48 heavy (non-hydrogen) atoms. The van der Waals surface area contributed by atoms with Gasteiger partial charge in [-0.2, -0.15) is 4.98 Å². The van der Waals surface area contributed by atoms with Gasteiger partial charge in [0, 0.05) is 44.5 Å². The third kappa shape index (κ3) is 10.2. The number of urea groups is 1. The number of carbonyl (C=O) groups excluding carboxylic acids is 3. The smallest absolute Gasteiger partial charge is 0.407 e. The molecular formula is C33H48N8O7. The van der Waals surface area contributed by atoms with Crippen molar-refractivity contribution in [3.05, 3.63) is 52.6 Å². The zero-order valence-corrected chi connectivity index (χ0v) is 28.5. The van der Waals surface area contributed by atoms with Gasteiger partial charge in [-0.1, -0.05) is 12.1 Å². The summed E-state index contributed by atoms with van der Waals surface area (Å²) in [6.07, 6.45) is 2.56. The summed E-state index contributed by atoms with van der Waals surface area (Å²) in [5, 5.41) is 20.4. The molecule has 1 aliphatic carbocycles. The lowest BCUT2D eigenvalue weighted by Gasteiger charge is -2.38. The maximum Gasteiger partial charge on any atom is 0.407 e. The van der Waals surface area contributed by atoms with E-state index in [-0.39, 0.29) is 56.1 Å². The molecule has 262 valence electrons. The number of amides is 5. The summed E-state index contributed by atoms with van der Waals surface area (Å²) in [7, 11) is 0. The quantitative estimate of drug-likeness (QED) is 0.254. The summed E-state index contributed by atoms with van der Waals surface area (Å²) in [4.78, 5) is 68.4. The van der Waals surface area contributed by atoms with Crippen molar-refractivity contribution in [2.45, 2.75) is 84.0 Å². The summed E-state index contributed by atoms with van der Waals surface area (Å²) >= 11 is 0. The lowest BCUT2D eigenvalue weighted by Crippen LogP contribution is -2.60. The molecule has 0 spiro atoms. The van der Waals surface area contributed by atoms with Crippen LogP contribution >= 0.6 is 0 Å². The van der Waals surface area contributed by atoms with Gasteiger partial charge in [-0.15, -0.1) is 0 Å². The van der Waals surface area contributed by atoms with E-state index in [0.717, 1.165) is 31.4 Å². The molecule has 4 rings (SSSR count). The first kappa shape index (κ1) is 36.2. The minimum atomic E-state index is -1.29. The molecule has 5 N–H and O–H groups in total. The van der Waals surface area contributed by atoms with Gasteiger partial charge in [0.05, 0.1) is 5.69 Å². The highest BCUT2D eigenvalue weighted by Gasteiger charge is 2.36. The van der Waals surface area contributed by atoms with E-state index in [4.69, 9.17) is 9.84 Å². The number of aromatic nitrogens is 2. The highest BCUT2D eigenvalue weighted by molar-refractivity contribution is 5.90. The van der Waals surface area contributed by atoms with Crippen LogP contribution in [-0.2, 0) is 16.0 Å². The van der Waals surface area contributed by atoms with Crippen LogP contribution in [0, 0.1) is 5.92 Å². The van der Waals surface area contributed by atoms with E-state index >= 15 is 0 Å². The van der Waals surface area contributed by atoms with Gasteiger partial charge in [0.1, 0.15) is 17.0 Å². The highest BCUT2D eigenvalue weighted by Crippen LogP contribution is 2.27. The minimum Gasteiger partial charge on any atom is -0.465 e. The molecule has 1 atom stereocenters. The average Bonchev–Trinajstić information content (AvgIpc) is 2.97. The molecule has 1 saturated heterocycles. The molecule has 5 amide bonds. The second kappa shape index (κ2) is 15.0. The molecule has 2 aromatic rings. The lowest BCUT2D eigenvalue weighted by atomic mass is 9.80. The van der Waals surface area contributed by atoms with Crippen molar-refractivity contribution in [2.75, 3.05) is 38.0 Å². The van der Waals surface area contributed by atoms with Crippen molar-refractivity contribution in [2.24, 2.45) is 5.92 Å². The third-order valence-corrected chi connectivity index (χ3v) is 8.31. The van der Waals surface area contributed by atoms with Crippen molar-refractivity contribution in [1.29, 1.82) is 0 Å². The van der Waals surface area contributed by atoms with Gasteiger partial charge in [0.25, 0.3) is 0 Å². The van der Waals surface area contributed by atoms with Gasteiger partial charge in [-0.3, -0.25) is 14.7 Å². The molecular weight excluding hydrogens is 620 g/mol. The van der Waals surface area contributed by atoms with Crippen LogP contribution in [0.5, 0.6) is 0 Å². The van der Waals surface area contributed by atoms with Crippen molar-refractivity contribution >= 4 is 29.9 Å². The van der Waals surface area contributed by atoms with E-state index in [1.54, 1.807) is 12.3 Å². The number of rotatable bonds is 10. The number of carboxylic acid groups (broad SMARTS) is 1. The summed E-state index contributed by atoms with van der Waals surface area (Å²) < 4.78 is 6.72. The normalized spacial score (nSPS) is 18.7. The van der Waals surface area contributed by atoms with Crippen molar-refractivity contribution < 1.29 is 29.0 Å². The second-order valence-electron chi connectivity index (χ2n) is 14.1. The van der Waals surface area contributed by atoms with Gasteiger partial charge >= 0.3 is 23.9 Å². The van der Waals surface area contributed by atoms with Gasteiger partial charge in [0.2, 0.25) is 5.91 Å². The molecule has 1 aliphatic heterocycles. The monoisotopic (exact) mass is 668 g/mol. The molecule has 15 nitrogen and oxygen atoms in total. The van der Waals surface area contributed by atoms with Crippen molar-refractivity contribution in [3.63, 3.8) is 0 Å². The molecule has 1 saturated carbocycles. The molecule has 1 unspecified atom stereocenters. The van der Waals surface area contributed by atoms with Gasteiger partial charge in [0.15, 0.2) is 0 Å². The number of hydrogen-bond donors (Lipinski definition) is 5. The Labute approximate surface area is 280 Å². The van der Waals surface area contributed by atoms with Crippen LogP contribution < -0.4 is 27.0 Å². The first-order valence-corrected chi connectivity index (χ1v) is 16.3. The fourth-order valence-corrected chi connectivity index (χ4v) is 5.77. The predicted molar refractivity (Wildman–Crippen MR) is 179 cm³/mol. The number of carbonyl (C=O) groups is 4. The number of alkyl carbamates (subject to hydrolysis) is 1. The lowest BCUT2D eigenvalue weighted by molar-refractivity contribution is -0.138. The van der Waals surface area contributed by atoms with E-state index in [1.807, 2.05) is 45.0 Å². The molecule has 1 aromatic heterocycles. The Morgan fingerprint density at radius 2 is 1.60 bits per heavy atom. The number of nitrogens with one attached hydrogen (secondary N) is 4. The first-order valence-electron chi connectivity index (χ1n) is 16.3. The molecule has 1 aromatic carbocycles. The zero-order chi connectivity index (χ0) is 35.2. The van der Waals surface area contributed by atoms with E-state index in [0.29, 0.717) is 11.6 Å². The van der Waals surface area contributed by atoms with E-state index in [9.17, 15) is 24.0 Å². The largest absolute Gasteiger partial charge is 0.465 e. The second-order valence-corrected chi connectivity index (χ2v) is 14.1. The Bertz CT molecular complexity index is 1520. The fourth-order valence-electron chi connectivity index (χ4n) is 5.77. The Balaban J connectivity index is 1.20. The van der Waals surface area contributed by atoms with E-state index < -0.39 is 29.0 Å². The average molecular weight is 669 g/mol. The summed E-state index contributed by atoms with van der Waals surface area (Å²) in [6.45, 7) is 12.5. The number of nitrogens with zero attached hydrogens (tertiary/aromatic N) is 4. The highest BCUT2D eigenvalue weighted by atomic mass is 16.6. The van der Waals surface area contributed by atoms with Crippen LogP contribution in [0.3, 0.4) is 0 Å². The van der Waals surface area contributed by atoms with Crippen LogP contribution in [0.4, 0.5) is 20.2 Å². The Morgan fingerprint density at radius 1 is 0.979 bits per heavy atom.